The third-order valence-corrected chi connectivity index (χ3v) is 3.81. The van der Waals surface area contributed by atoms with Crippen molar-refractivity contribution in [2.45, 2.75) is 77.2 Å². The fourth-order valence-electron chi connectivity index (χ4n) is 2.53. The summed E-state index contributed by atoms with van der Waals surface area (Å²) in [7, 11) is 0. The van der Waals surface area contributed by atoms with Crippen molar-refractivity contribution in [2.75, 3.05) is 0 Å². The third-order valence-electron chi connectivity index (χ3n) is 3.81. The molecule has 0 amide bonds. The topological polar surface area (TPSA) is 26.0 Å². The SMILES string of the molecule is CCCCCC(N)CCCCCCc1ccccc1. The Kier molecular flexibility index (Phi) is 9.44. The van der Waals surface area contributed by atoms with Crippen molar-refractivity contribution in [1.82, 2.24) is 0 Å². The highest BCUT2D eigenvalue weighted by atomic mass is 14.6. The normalized spacial score (nSPS) is 12.5. The number of nitrogens with two attached hydrogens (primary N) is 1. The summed E-state index contributed by atoms with van der Waals surface area (Å²) in [5.41, 5.74) is 7.59. The molecule has 1 aromatic carbocycles. The second-order valence-corrected chi connectivity index (χ2v) is 5.69. The minimum Gasteiger partial charge on any atom is -0.328 e. The van der Waals surface area contributed by atoms with Crippen molar-refractivity contribution < 1.29 is 0 Å². The average Bonchev–Trinajstić information content (AvgIpc) is 2.44. The van der Waals surface area contributed by atoms with Crippen LogP contribution in [0.25, 0.3) is 0 Å². The lowest BCUT2D eigenvalue weighted by Gasteiger charge is -2.10. The van der Waals surface area contributed by atoms with Crippen LogP contribution >= 0.6 is 0 Å². The summed E-state index contributed by atoms with van der Waals surface area (Å²) in [6.07, 6.45) is 12.9. The molecule has 0 spiro atoms. The van der Waals surface area contributed by atoms with Crippen LogP contribution in [0.1, 0.15) is 70.3 Å². The van der Waals surface area contributed by atoms with Gasteiger partial charge in [0.2, 0.25) is 0 Å². The van der Waals surface area contributed by atoms with Gasteiger partial charge in [-0.15, -0.1) is 0 Å². The van der Waals surface area contributed by atoms with Gasteiger partial charge in [0.05, 0.1) is 0 Å². The molecule has 1 atom stereocenters. The third kappa shape index (κ3) is 8.83. The van der Waals surface area contributed by atoms with E-state index in [2.05, 4.69) is 37.3 Å². The van der Waals surface area contributed by atoms with Gasteiger partial charge in [0.25, 0.3) is 0 Å². The highest BCUT2D eigenvalue weighted by molar-refractivity contribution is 5.14. The van der Waals surface area contributed by atoms with Gasteiger partial charge in [0.15, 0.2) is 0 Å². The molecular weight excluding hydrogens is 230 g/mol. The molecule has 0 saturated heterocycles. The zero-order chi connectivity index (χ0) is 13.8. The van der Waals surface area contributed by atoms with Gasteiger partial charge in [-0.05, 0) is 31.2 Å². The molecule has 2 N–H and O–H groups in total. The molecule has 0 radical (unpaired) electrons. The molecule has 0 saturated carbocycles. The lowest BCUT2D eigenvalue weighted by Crippen LogP contribution is -2.19. The maximum absolute atomic E-state index is 6.12. The van der Waals surface area contributed by atoms with Gasteiger partial charge >= 0.3 is 0 Å². The van der Waals surface area contributed by atoms with Gasteiger partial charge in [-0.2, -0.15) is 0 Å². The molecule has 0 aliphatic carbocycles. The predicted molar refractivity (Wildman–Crippen MR) is 85.3 cm³/mol. The summed E-state index contributed by atoms with van der Waals surface area (Å²) in [6, 6.07) is 11.2. The molecule has 0 aliphatic heterocycles. The van der Waals surface area contributed by atoms with Crippen LogP contribution in [0.5, 0.6) is 0 Å². The first-order chi connectivity index (χ1) is 9.33. The Morgan fingerprint density at radius 1 is 0.842 bits per heavy atom. The molecule has 0 aliphatic rings. The lowest BCUT2D eigenvalue weighted by atomic mass is 10.0. The number of hydrogen-bond donors (Lipinski definition) is 1. The zero-order valence-electron chi connectivity index (χ0n) is 12.6. The van der Waals surface area contributed by atoms with E-state index in [0.29, 0.717) is 6.04 Å². The van der Waals surface area contributed by atoms with Crippen LogP contribution < -0.4 is 5.73 Å². The summed E-state index contributed by atoms with van der Waals surface area (Å²) in [5, 5.41) is 0. The van der Waals surface area contributed by atoms with E-state index in [1.165, 1.54) is 69.8 Å². The molecule has 19 heavy (non-hydrogen) atoms. The molecule has 0 fully saturated rings. The Balaban J connectivity index is 1.91. The van der Waals surface area contributed by atoms with E-state index < -0.39 is 0 Å². The summed E-state index contributed by atoms with van der Waals surface area (Å²) < 4.78 is 0. The van der Waals surface area contributed by atoms with Gasteiger partial charge in [-0.3, -0.25) is 0 Å². The van der Waals surface area contributed by atoms with Crippen LogP contribution in [0.15, 0.2) is 30.3 Å². The summed E-state index contributed by atoms with van der Waals surface area (Å²) >= 11 is 0. The molecule has 1 rings (SSSR count). The number of aryl methyl sites for hydroxylation is 1. The van der Waals surface area contributed by atoms with Crippen LogP contribution in [-0.2, 0) is 6.42 Å². The van der Waals surface area contributed by atoms with Crippen molar-refractivity contribution >= 4 is 0 Å². The van der Waals surface area contributed by atoms with Crippen LogP contribution in [0.2, 0.25) is 0 Å². The van der Waals surface area contributed by atoms with Crippen molar-refractivity contribution in [3.8, 4) is 0 Å². The largest absolute Gasteiger partial charge is 0.328 e. The van der Waals surface area contributed by atoms with Crippen LogP contribution in [0, 0.1) is 0 Å². The monoisotopic (exact) mass is 261 g/mol. The van der Waals surface area contributed by atoms with Crippen molar-refractivity contribution in [3.05, 3.63) is 35.9 Å². The molecule has 1 aromatic rings. The Hall–Kier alpha value is -0.820. The summed E-state index contributed by atoms with van der Waals surface area (Å²) in [4.78, 5) is 0. The van der Waals surface area contributed by atoms with Crippen LogP contribution in [-0.4, -0.2) is 6.04 Å². The highest BCUT2D eigenvalue weighted by Gasteiger charge is 2.01. The van der Waals surface area contributed by atoms with E-state index in [1.54, 1.807) is 0 Å². The highest BCUT2D eigenvalue weighted by Crippen LogP contribution is 2.11. The maximum Gasteiger partial charge on any atom is 0.00388 e. The first-order valence-corrected chi connectivity index (χ1v) is 8.12. The van der Waals surface area contributed by atoms with E-state index >= 15 is 0 Å². The summed E-state index contributed by atoms with van der Waals surface area (Å²) in [6.45, 7) is 2.25. The van der Waals surface area contributed by atoms with Crippen molar-refractivity contribution in [3.63, 3.8) is 0 Å². The number of unbranched alkanes of at least 4 members (excludes halogenated alkanes) is 5. The minimum absolute atomic E-state index is 0.445. The van der Waals surface area contributed by atoms with E-state index in [9.17, 15) is 0 Å². The molecule has 0 bridgehead atoms. The second kappa shape index (κ2) is 11.0. The number of rotatable bonds is 11. The zero-order valence-corrected chi connectivity index (χ0v) is 12.6. The molecule has 1 nitrogen and oxygen atoms in total. The second-order valence-electron chi connectivity index (χ2n) is 5.69. The fraction of sp³-hybridized carbons (Fsp3) is 0.667. The molecule has 0 aromatic heterocycles. The number of benzene rings is 1. The minimum atomic E-state index is 0.445. The molecule has 108 valence electrons. The number of hydrogen-bond acceptors (Lipinski definition) is 1. The van der Waals surface area contributed by atoms with Gasteiger partial charge < -0.3 is 5.73 Å². The predicted octanol–water partition coefficient (Wildman–Crippen LogP) is 5.09. The van der Waals surface area contributed by atoms with E-state index in [0.717, 1.165) is 0 Å². The van der Waals surface area contributed by atoms with Gasteiger partial charge in [-0.25, -0.2) is 0 Å². The van der Waals surface area contributed by atoms with Crippen LogP contribution in [0.4, 0.5) is 0 Å². The average molecular weight is 261 g/mol. The standard InChI is InChI=1S/C18H31N/c1-2-3-7-15-18(19)16-11-5-4-8-12-17-13-9-6-10-14-17/h6,9-10,13-14,18H,2-5,7-8,11-12,15-16,19H2,1H3. The molecular formula is C18H31N. The fourth-order valence-corrected chi connectivity index (χ4v) is 2.53. The lowest BCUT2D eigenvalue weighted by molar-refractivity contribution is 0.495. The van der Waals surface area contributed by atoms with Gasteiger partial charge in [0.1, 0.15) is 0 Å². The van der Waals surface area contributed by atoms with Crippen LogP contribution in [0.3, 0.4) is 0 Å². The van der Waals surface area contributed by atoms with E-state index in [1.807, 2.05) is 0 Å². The molecule has 1 unspecified atom stereocenters. The summed E-state index contributed by atoms with van der Waals surface area (Å²) in [5.74, 6) is 0. The van der Waals surface area contributed by atoms with Crippen molar-refractivity contribution in [1.29, 1.82) is 0 Å². The smallest absolute Gasteiger partial charge is 0.00388 e. The first-order valence-electron chi connectivity index (χ1n) is 8.12. The maximum atomic E-state index is 6.12. The van der Waals surface area contributed by atoms with E-state index in [4.69, 9.17) is 5.73 Å². The quantitative estimate of drug-likeness (QED) is 0.552. The molecule has 0 heterocycles. The Morgan fingerprint density at radius 2 is 1.47 bits per heavy atom. The Bertz CT molecular complexity index is 294. The van der Waals surface area contributed by atoms with Gasteiger partial charge in [-0.1, -0.05) is 75.8 Å². The first kappa shape index (κ1) is 16.2. The Morgan fingerprint density at radius 3 is 2.16 bits per heavy atom. The van der Waals surface area contributed by atoms with Crippen molar-refractivity contribution in [2.24, 2.45) is 5.73 Å². The Labute approximate surface area is 119 Å². The molecule has 1 heteroatoms. The van der Waals surface area contributed by atoms with E-state index in [-0.39, 0.29) is 0 Å². The van der Waals surface area contributed by atoms with Gasteiger partial charge in [0, 0.05) is 6.04 Å².